The van der Waals surface area contributed by atoms with E-state index in [2.05, 4.69) is 10.2 Å². The molecule has 0 unspecified atom stereocenters. The molecule has 7 nitrogen and oxygen atoms in total. The van der Waals surface area contributed by atoms with E-state index in [0.29, 0.717) is 10.8 Å². The van der Waals surface area contributed by atoms with Gasteiger partial charge in [0.1, 0.15) is 5.75 Å². The minimum absolute atomic E-state index is 0.0292. The molecule has 8 heteroatoms. The molecule has 1 fully saturated rings. The second-order valence-corrected chi connectivity index (χ2v) is 6.12. The van der Waals surface area contributed by atoms with E-state index in [1.54, 1.807) is 24.3 Å². The van der Waals surface area contributed by atoms with Gasteiger partial charge in [-0.2, -0.15) is 0 Å². The number of nitrogens with zero attached hydrogens (tertiary/aromatic N) is 3. The first-order valence-corrected chi connectivity index (χ1v) is 8.28. The van der Waals surface area contributed by atoms with E-state index in [0.717, 1.165) is 31.9 Å². The van der Waals surface area contributed by atoms with E-state index in [9.17, 15) is 15.2 Å². The van der Waals surface area contributed by atoms with E-state index in [1.165, 1.54) is 12.1 Å². The number of hydrogen-bond acceptors (Lipinski definition) is 5. The third-order valence-electron chi connectivity index (χ3n) is 4.07. The molecule has 2 aromatic carbocycles. The molecular weight excluding hydrogens is 340 g/mol. The summed E-state index contributed by atoms with van der Waals surface area (Å²) in [6, 6.07) is 13.5. The number of thiocarbonyl (C=S) groups is 1. The molecule has 1 heterocycles. The number of piperazine rings is 1. The number of rotatable bonds is 3. The fraction of sp³-hybridized carbons (Fsp3) is 0.235. The number of nitro groups is 1. The molecule has 0 aliphatic carbocycles. The van der Waals surface area contributed by atoms with Crippen molar-refractivity contribution in [2.75, 3.05) is 36.4 Å². The number of non-ortho nitro benzene ring substituents is 1. The van der Waals surface area contributed by atoms with Gasteiger partial charge in [0.05, 0.1) is 4.92 Å². The van der Waals surface area contributed by atoms with Crippen LogP contribution in [0.4, 0.5) is 17.1 Å². The van der Waals surface area contributed by atoms with Crippen LogP contribution in [0.2, 0.25) is 0 Å². The van der Waals surface area contributed by atoms with Crippen molar-refractivity contribution < 1.29 is 10.0 Å². The number of aromatic hydroxyl groups is 1. The summed E-state index contributed by atoms with van der Waals surface area (Å²) in [7, 11) is 0. The maximum Gasteiger partial charge on any atom is 0.271 e. The SMILES string of the molecule is O=[N+]([O-])c1cccc(NC(=S)N2CCN(c3cccc(O)c3)CC2)c1. The monoisotopic (exact) mass is 358 g/mol. The average molecular weight is 358 g/mol. The van der Waals surface area contributed by atoms with Gasteiger partial charge < -0.3 is 20.2 Å². The fourth-order valence-electron chi connectivity index (χ4n) is 2.76. The van der Waals surface area contributed by atoms with Crippen LogP contribution in [0, 0.1) is 10.1 Å². The predicted octanol–water partition coefficient (Wildman–Crippen LogP) is 2.82. The maximum absolute atomic E-state index is 10.8. The van der Waals surface area contributed by atoms with E-state index in [1.807, 2.05) is 17.0 Å². The quantitative estimate of drug-likeness (QED) is 0.496. The van der Waals surface area contributed by atoms with Crippen molar-refractivity contribution in [3.63, 3.8) is 0 Å². The largest absolute Gasteiger partial charge is 0.508 e. The van der Waals surface area contributed by atoms with Crippen molar-refractivity contribution in [3.05, 3.63) is 58.6 Å². The van der Waals surface area contributed by atoms with Crippen LogP contribution in [0.1, 0.15) is 0 Å². The van der Waals surface area contributed by atoms with Crippen molar-refractivity contribution in [1.29, 1.82) is 0 Å². The zero-order chi connectivity index (χ0) is 17.8. The molecule has 25 heavy (non-hydrogen) atoms. The lowest BCUT2D eigenvalue weighted by Crippen LogP contribution is -2.50. The molecule has 0 spiro atoms. The summed E-state index contributed by atoms with van der Waals surface area (Å²) in [5.41, 5.74) is 1.62. The zero-order valence-electron chi connectivity index (χ0n) is 13.5. The lowest BCUT2D eigenvalue weighted by atomic mass is 10.2. The molecule has 1 saturated heterocycles. The van der Waals surface area contributed by atoms with Gasteiger partial charge in [-0.05, 0) is 30.4 Å². The van der Waals surface area contributed by atoms with E-state index in [-0.39, 0.29) is 11.4 Å². The maximum atomic E-state index is 10.8. The Labute approximate surface area is 150 Å². The summed E-state index contributed by atoms with van der Waals surface area (Å²) in [4.78, 5) is 14.6. The van der Waals surface area contributed by atoms with Crippen molar-refractivity contribution in [1.82, 2.24) is 4.90 Å². The molecule has 1 aliphatic rings. The van der Waals surface area contributed by atoms with Gasteiger partial charge in [-0.15, -0.1) is 0 Å². The number of nitrogens with one attached hydrogen (secondary N) is 1. The highest BCUT2D eigenvalue weighted by atomic mass is 32.1. The highest BCUT2D eigenvalue weighted by Crippen LogP contribution is 2.22. The molecule has 130 valence electrons. The lowest BCUT2D eigenvalue weighted by molar-refractivity contribution is -0.384. The predicted molar refractivity (Wildman–Crippen MR) is 101 cm³/mol. The Morgan fingerprint density at radius 1 is 1.12 bits per heavy atom. The first-order chi connectivity index (χ1) is 12.0. The van der Waals surface area contributed by atoms with Crippen LogP contribution < -0.4 is 10.2 Å². The van der Waals surface area contributed by atoms with Crippen molar-refractivity contribution in [2.24, 2.45) is 0 Å². The molecule has 0 aromatic heterocycles. The number of phenolic OH excluding ortho intramolecular Hbond substituents is 1. The summed E-state index contributed by atoms with van der Waals surface area (Å²) in [5.74, 6) is 0.253. The van der Waals surface area contributed by atoms with Crippen molar-refractivity contribution in [3.8, 4) is 5.75 Å². The highest BCUT2D eigenvalue weighted by molar-refractivity contribution is 7.80. The number of hydrogen-bond donors (Lipinski definition) is 2. The molecule has 0 amide bonds. The minimum atomic E-state index is -0.428. The number of benzene rings is 2. The van der Waals surface area contributed by atoms with Gasteiger partial charge in [0.2, 0.25) is 0 Å². The van der Waals surface area contributed by atoms with E-state index < -0.39 is 4.92 Å². The molecule has 0 bridgehead atoms. The lowest BCUT2D eigenvalue weighted by Gasteiger charge is -2.37. The number of nitro benzene ring substituents is 1. The highest BCUT2D eigenvalue weighted by Gasteiger charge is 2.19. The third kappa shape index (κ3) is 4.16. The van der Waals surface area contributed by atoms with Gasteiger partial charge in [-0.3, -0.25) is 10.1 Å². The zero-order valence-corrected chi connectivity index (χ0v) is 14.3. The van der Waals surface area contributed by atoms with Gasteiger partial charge in [0.25, 0.3) is 5.69 Å². The molecule has 0 saturated carbocycles. The van der Waals surface area contributed by atoms with Crippen molar-refractivity contribution in [2.45, 2.75) is 0 Å². The van der Waals surface area contributed by atoms with Gasteiger partial charge in [0, 0.05) is 55.8 Å². The van der Waals surface area contributed by atoms with Crippen LogP contribution >= 0.6 is 12.2 Å². The van der Waals surface area contributed by atoms with Crippen molar-refractivity contribution >= 4 is 34.4 Å². The Morgan fingerprint density at radius 2 is 1.84 bits per heavy atom. The summed E-state index contributed by atoms with van der Waals surface area (Å²) in [5, 5.41) is 24.1. The van der Waals surface area contributed by atoms with Gasteiger partial charge in [-0.25, -0.2) is 0 Å². The average Bonchev–Trinajstić information content (AvgIpc) is 2.62. The van der Waals surface area contributed by atoms with Crippen LogP contribution in [-0.4, -0.2) is 46.2 Å². The summed E-state index contributed by atoms with van der Waals surface area (Å²) < 4.78 is 0. The second-order valence-electron chi connectivity index (χ2n) is 5.73. The van der Waals surface area contributed by atoms with Crippen LogP contribution in [0.15, 0.2) is 48.5 Å². The fourth-order valence-corrected chi connectivity index (χ4v) is 3.06. The Hall–Kier alpha value is -2.87. The molecule has 0 atom stereocenters. The minimum Gasteiger partial charge on any atom is -0.508 e. The molecular formula is C17H18N4O3S. The van der Waals surface area contributed by atoms with Gasteiger partial charge in [-0.1, -0.05) is 12.1 Å². The van der Waals surface area contributed by atoms with Crippen LogP contribution in [-0.2, 0) is 0 Å². The molecule has 1 aliphatic heterocycles. The normalized spacial score (nSPS) is 14.2. The number of phenols is 1. The molecule has 3 rings (SSSR count). The second kappa shape index (κ2) is 7.35. The van der Waals surface area contributed by atoms with Crippen LogP contribution in [0.3, 0.4) is 0 Å². The molecule has 2 aromatic rings. The topological polar surface area (TPSA) is 81.9 Å². The Bertz CT molecular complexity index is 791. The van der Waals surface area contributed by atoms with Crippen LogP contribution in [0.5, 0.6) is 5.75 Å². The smallest absolute Gasteiger partial charge is 0.271 e. The standard InChI is InChI=1S/C17H18N4O3S/c22-16-6-2-4-14(12-16)19-7-9-20(10-8-19)17(25)18-13-3-1-5-15(11-13)21(23)24/h1-6,11-12,22H,7-10H2,(H,18,25). The summed E-state index contributed by atoms with van der Waals surface area (Å²) >= 11 is 5.43. The first-order valence-electron chi connectivity index (χ1n) is 7.87. The van der Waals surface area contributed by atoms with Crippen LogP contribution in [0.25, 0.3) is 0 Å². The molecule has 0 radical (unpaired) electrons. The van der Waals surface area contributed by atoms with Gasteiger partial charge >= 0.3 is 0 Å². The Kier molecular flexibility index (Phi) is 4.99. The van der Waals surface area contributed by atoms with E-state index >= 15 is 0 Å². The Morgan fingerprint density at radius 3 is 2.52 bits per heavy atom. The van der Waals surface area contributed by atoms with E-state index in [4.69, 9.17) is 12.2 Å². The molecule has 2 N–H and O–H groups in total. The van der Waals surface area contributed by atoms with Gasteiger partial charge in [0.15, 0.2) is 5.11 Å². The third-order valence-corrected chi connectivity index (χ3v) is 4.43. The summed E-state index contributed by atoms with van der Waals surface area (Å²) in [6.45, 7) is 3.02. The number of anilines is 2. The first kappa shape index (κ1) is 17.0. The Balaban J connectivity index is 1.58. The summed E-state index contributed by atoms with van der Waals surface area (Å²) in [6.07, 6.45) is 0.